The molecule has 9 nitrogen and oxygen atoms in total. The Bertz CT molecular complexity index is 1430. The molecule has 2 aromatic rings. The van der Waals surface area contributed by atoms with Crippen LogP contribution in [-0.4, -0.2) is 76.2 Å². The molecule has 2 rings (SSSR count). The molecule has 0 aliphatic heterocycles. The van der Waals surface area contributed by atoms with Gasteiger partial charge in [0.15, 0.2) is 5.34 Å². The highest BCUT2D eigenvalue weighted by atomic mass is 32.2. The van der Waals surface area contributed by atoms with Crippen molar-refractivity contribution in [2.75, 3.05) is 56.8 Å². The summed E-state index contributed by atoms with van der Waals surface area (Å²) in [6.07, 6.45) is 13.3. The number of carbonyl (C=O) groups is 1. The highest BCUT2D eigenvalue weighted by Crippen LogP contribution is 2.28. The highest BCUT2D eigenvalue weighted by Gasteiger charge is 2.13. The minimum absolute atomic E-state index is 0.301. The van der Waals surface area contributed by atoms with Crippen molar-refractivity contribution >= 4 is 48.1 Å². The van der Waals surface area contributed by atoms with Gasteiger partial charge in [-0.2, -0.15) is 11.8 Å². The quantitative estimate of drug-likeness (QED) is 0.0224. The molecule has 0 aromatic heterocycles. The van der Waals surface area contributed by atoms with Crippen molar-refractivity contribution in [3.63, 3.8) is 0 Å². The summed E-state index contributed by atoms with van der Waals surface area (Å²) in [5, 5.41) is 2.22. The van der Waals surface area contributed by atoms with Gasteiger partial charge in [-0.15, -0.1) is 11.5 Å². The van der Waals surface area contributed by atoms with Gasteiger partial charge in [-0.05, 0) is 88.1 Å². The Morgan fingerprint density at radius 3 is 2.15 bits per heavy atom. The number of aliphatic imine (C=N–C) groups is 2. The molecule has 0 spiro atoms. The van der Waals surface area contributed by atoms with E-state index in [4.69, 9.17) is 4.99 Å². The second-order valence-corrected chi connectivity index (χ2v) is 13.1. The Morgan fingerprint density at radius 1 is 0.981 bits per heavy atom. The third-order valence-corrected chi connectivity index (χ3v) is 8.46. The number of rotatable bonds is 22. The van der Waals surface area contributed by atoms with Crippen LogP contribution < -0.4 is 4.90 Å². The van der Waals surface area contributed by atoms with Crippen LogP contribution in [-0.2, 0) is 14.4 Å². The van der Waals surface area contributed by atoms with Gasteiger partial charge in [0.1, 0.15) is 13.2 Å². The number of hydrogen-bond acceptors (Lipinski definition) is 10. The number of hydrogen-bond donors (Lipinski definition) is 0. The van der Waals surface area contributed by atoms with E-state index in [1.54, 1.807) is 6.08 Å². The predicted octanol–water partition coefficient (Wildman–Crippen LogP) is 11.5. The van der Waals surface area contributed by atoms with Crippen molar-refractivity contribution in [2.45, 2.75) is 67.7 Å². The van der Waals surface area contributed by atoms with Gasteiger partial charge in [-0.3, -0.25) is 14.8 Å². The number of allylic oxidation sites excluding steroid dienone is 5. The summed E-state index contributed by atoms with van der Waals surface area (Å²) < 4.78 is 4.41. The summed E-state index contributed by atoms with van der Waals surface area (Å²) in [5.74, 6) is 1.72. The first-order chi connectivity index (χ1) is 26.1. The molecule has 2 aromatic carbocycles. The molecule has 0 saturated heterocycles. The van der Waals surface area contributed by atoms with E-state index in [2.05, 4.69) is 148 Å². The second kappa shape index (κ2) is 35.3. The average molecular weight is 762 g/mol. The van der Waals surface area contributed by atoms with Gasteiger partial charge in [0.25, 0.3) is 6.47 Å². The van der Waals surface area contributed by atoms with E-state index in [-0.39, 0.29) is 0 Å². The topological polar surface area (TPSA) is 96.2 Å². The van der Waals surface area contributed by atoms with Crippen LogP contribution >= 0.6 is 11.8 Å². The molecule has 1 unspecified atom stereocenters. The number of likely N-dealkylation sites (N-methyl/N-ethyl adjacent to an activating group) is 1. The van der Waals surface area contributed by atoms with Crippen molar-refractivity contribution in [1.29, 1.82) is 0 Å². The highest BCUT2D eigenvalue weighted by molar-refractivity contribution is 7.99. The summed E-state index contributed by atoms with van der Waals surface area (Å²) in [5.41, 5.74) is 8.00. The molecule has 0 saturated carbocycles. The Morgan fingerprint density at radius 2 is 1.61 bits per heavy atom. The molecule has 0 heterocycles. The minimum Gasteiger partial charge on any atom is -0.467 e. The smallest absolute Gasteiger partial charge is 0.293 e. The van der Waals surface area contributed by atoms with Gasteiger partial charge >= 0.3 is 0 Å². The van der Waals surface area contributed by atoms with Gasteiger partial charge in [0.2, 0.25) is 0 Å². The molecule has 0 aliphatic carbocycles. The van der Waals surface area contributed by atoms with Gasteiger partial charge in [0, 0.05) is 44.9 Å². The summed E-state index contributed by atoms with van der Waals surface area (Å²) >= 11 is 1.53. The van der Waals surface area contributed by atoms with E-state index < -0.39 is 0 Å². The Hall–Kier alpha value is -4.70. The maximum Gasteiger partial charge on any atom is 0.293 e. The fourth-order valence-electron chi connectivity index (χ4n) is 4.89. The fraction of sp³-hybridized carbons (Fsp3) is 0.432. The zero-order valence-electron chi connectivity index (χ0n) is 34.5. The van der Waals surface area contributed by atoms with Crippen molar-refractivity contribution < 1.29 is 14.4 Å². The molecular formula is C44H67N5O4S. The zero-order chi connectivity index (χ0) is 41.0. The zero-order valence-corrected chi connectivity index (χ0v) is 35.3. The first kappa shape index (κ1) is 51.4. The minimum atomic E-state index is 0.301. The molecule has 0 aliphatic rings. The van der Waals surface area contributed by atoms with Crippen LogP contribution in [0.1, 0.15) is 73.3 Å². The molecular weight excluding hydrogens is 695 g/mol. The molecule has 0 fully saturated rings. The van der Waals surface area contributed by atoms with Crippen LogP contribution in [0, 0.1) is 10.8 Å². The number of anilines is 1. The lowest BCUT2D eigenvalue weighted by Crippen LogP contribution is -2.23. The van der Waals surface area contributed by atoms with Crippen molar-refractivity contribution in [2.24, 2.45) is 21.2 Å². The summed E-state index contributed by atoms with van der Waals surface area (Å²) in [6.45, 7) is 28.8. The fourth-order valence-corrected chi connectivity index (χ4v) is 5.50. The molecule has 0 radical (unpaired) electrons. The van der Waals surface area contributed by atoms with Crippen LogP contribution in [0.2, 0.25) is 0 Å². The van der Waals surface area contributed by atoms with E-state index in [1.165, 1.54) is 28.5 Å². The lowest BCUT2D eigenvalue weighted by molar-refractivity contribution is -0.128. The van der Waals surface area contributed by atoms with Gasteiger partial charge < -0.3 is 19.4 Å². The summed E-state index contributed by atoms with van der Waals surface area (Å²) in [7, 11) is 4.18. The number of para-hydroxylation sites is 2. The van der Waals surface area contributed by atoms with E-state index in [0.29, 0.717) is 37.1 Å². The lowest BCUT2D eigenvalue weighted by atomic mass is 10.0. The van der Waals surface area contributed by atoms with Crippen molar-refractivity contribution in [3.8, 4) is 0 Å². The molecule has 1 atom stereocenters. The van der Waals surface area contributed by atoms with Crippen LogP contribution in [0.25, 0.3) is 5.57 Å². The molecule has 0 N–H and O–H groups in total. The van der Waals surface area contributed by atoms with E-state index in [0.717, 1.165) is 55.1 Å². The van der Waals surface area contributed by atoms with Gasteiger partial charge in [0.05, 0.1) is 22.8 Å². The number of thioether (sulfide) groups is 1. The molecule has 54 heavy (non-hydrogen) atoms. The monoisotopic (exact) mass is 761 g/mol. The van der Waals surface area contributed by atoms with E-state index in [9.17, 15) is 9.70 Å². The summed E-state index contributed by atoms with van der Waals surface area (Å²) in [4.78, 5) is 36.6. The SMILES string of the molecule is C/C=C(\CC)c1ccccc1.C=C/C(=C(N=CCCC)\C(C)=C/C(C)CN(C)c1ccccc1N=C)N(C)CC.C=CC.O=COCCSCCON=O. The normalized spacial score (nSPS) is 11.8. The van der Waals surface area contributed by atoms with Gasteiger partial charge in [-0.25, -0.2) is 0 Å². The molecule has 0 amide bonds. The van der Waals surface area contributed by atoms with Crippen LogP contribution in [0.15, 0.2) is 124 Å². The maximum atomic E-state index is 9.63. The van der Waals surface area contributed by atoms with Crippen molar-refractivity contribution in [3.05, 3.63) is 119 Å². The number of benzene rings is 2. The number of unbranched alkanes of at least 4 members (excludes halogenated alkanes) is 1. The first-order valence-corrected chi connectivity index (χ1v) is 19.7. The van der Waals surface area contributed by atoms with Crippen LogP contribution in [0.3, 0.4) is 0 Å². The Balaban J connectivity index is 0. The van der Waals surface area contributed by atoms with Crippen LogP contribution in [0.5, 0.6) is 0 Å². The lowest BCUT2D eigenvalue weighted by Gasteiger charge is -2.24. The number of nitrogens with zero attached hydrogens (tertiary/aromatic N) is 5. The first-order valence-electron chi connectivity index (χ1n) is 18.5. The van der Waals surface area contributed by atoms with E-state index in [1.807, 2.05) is 43.5 Å². The second-order valence-electron chi connectivity index (χ2n) is 11.8. The van der Waals surface area contributed by atoms with E-state index >= 15 is 0 Å². The van der Waals surface area contributed by atoms with Crippen molar-refractivity contribution in [1.82, 2.24) is 4.90 Å². The third kappa shape index (κ3) is 23.8. The largest absolute Gasteiger partial charge is 0.467 e. The molecule has 0 bridgehead atoms. The third-order valence-electron chi connectivity index (χ3n) is 7.55. The predicted molar refractivity (Wildman–Crippen MR) is 238 cm³/mol. The number of carbonyl (C=O) groups excluding carboxylic acids is 1. The number of ether oxygens (including phenoxy) is 1. The molecule has 298 valence electrons. The Labute approximate surface area is 331 Å². The average Bonchev–Trinajstić information content (AvgIpc) is 3.18. The maximum absolute atomic E-state index is 9.63. The van der Waals surface area contributed by atoms with Gasteiger partial charge in [-0.1, -0.05) is 94.5 Å². The Kier molecular flexibility index (Phi) is 33.6. The standard InChI is InChI=1S/C25H38N4.C11H14.C5H9NO4S.C3H6/c1-9-12-17-27-25(23(10-2)28(7)11-3)21(5)18-20(4)19-29(8)24-16-14-13-15-22(24)26-6;1-3-10(4-2)11-8-6-5-7-9-11;7-5-9-1-3-11-4-2-10-6-8;1-3-2/h10,13-18,20H,2,6,9,11-12,19H2,1,3-5,7-8H3;3,5-9H,4H2,1-2H3;5H,1-4H2;3H,1H2,2H3/b21-18-,25-23-,27-17?;10-3+;;. The summed E-state index contributed by atoms with van der Waals surface area (Å²) in [6, 6.07) is 18.6. The van der Waals surface area contributed by atoms with Crippen LogP contribution in [0.4, 0.5) is 11.4 Å². The molecule has 10 heteroatoms.